The lowest BCUT2D eigenvalue weighted by atomic mass is 10.1. The first-order chi connectivity index (χ1) is 6.95. The first-order valence-corrected chi connectivity index (χ1v) is 4.87. The number of rotatable bonds is 1. The van der Waals surface area contributed by atoms with Gasteiger partial charge in [-0.2, -0.15) is 0 Å². The average molecular weight is 181 g/mol. The Hall–Kier alpha value is -1.76. The van der Waals surface area contributed by atoms with Crippen molar-refractivity contribution in [2.24, 2.45) is 0 Å². The maximum atomic E-state index is 2.22. The molecule has 0 fully saturated rings. The zero-order chi connectivity index (χ0) is 9.38. The molecule has 1 aromatic heterocycles. The van der Waals surface area contributed by atoms with Crippen molar-refractivity contribution in [1.29, 1.82) is 0 Å². The average Bonchev–Trinajstić information content (AvgIpc) is 2.88. The third kappa shape index (κ3) is 1.02. The van der Waals surface area contributed by atoms with E-state index in [0.29, 0.717) is 0 Å². The maximum absolute atomic E-state index is 2.22. The summed E-state index contributed by atoms with van der Waals surface area (Å²) < 4.78 is 2.16. The summed E-state index contributed by atoms with van der Waals surface area (Å²) in [6.07, 6.45) is 9.68. The molecule has 1 nitrogen and oxygen atoms in total. The van der Waals surface area contributed by atoms with Gasteiger partial charge < -0.3 is 4.57 Å². The van der Waals surface area contributed by atoms with Gasteiger partial charge in [0.05, 0.1) is 5.69 Å². The largest absolute Gasteiger partial charge is 0.323 e. The Kier molecular flexibility index (Phi) is 1.57. The van der Waals surface area contributed by atoms with E-state index in [1.54, 1.807) is 0 Å². The zero-order valence-corrected chi connectivity index (χ0v) is 7.85. The summed E-state index contributed by atoms with van der Waals surface area (Å²) in [5, 5.41) is 0. The Morgan fingerprint density at radius 2 is 1.86 bits per heavy atom. The van der Waals surface area contributed by atoms with Crippen LogP contribution in [0.5, 0.6) is 0 Å². The number of benzene rings is 1. The number of allylic oxidation sites excluding steroid dienone is 1. The lowest BCUT2D eigenvalue weighted by molar-refractivity contribution is 1.07. The van der Waals surface area contributed by atoms with Crippen LogP contribution in [-0.2, 0) is 6.42 Å². The predicted octanol–water partition coefficient (Wildman–Crippen LogP) is 3.05. The summed E-state index contributed by atoms with van der Waals surface area (Å²) >= 11 is 0. The van der Waals surface area contributed by atoms with Gasteiger partial charge in [-0.15, -0.1) is 0 Å². The van der Waals surface area contributed by atoms with Gasteiger partial charge >= 0.3 is 0 Å². The van der Waals surface area contributed by atoms with E-state index in [1.165, 1.54) is 16.8 Å². The molecular weight excluding hydrogens is 170 g/mol. The molecule has 0 spiro atoms. The molecule has 68 valence electrons. The fourth-order valence-corrected chi connectivity index (χ4v) is 1.99. The van der Waals surface area contributed by atoms with Crippen LogP contribution in [-0.4, -0.2) is 4.57 Å². The molecule has 3 rings (SSSR count). The van der Waals surface area contributed by atoms with Gasteiger partial charge in [0.15, 0.2) is 0 Å². The van der Waals surface area contributed by atoms with Crippen LogP contribution in [0.2, 0.25) is 0 Å². The number of hydrogen-bond donors (Lipinski definition) is 0. The molecule has 1 aliphatic rings. The highest BCUT2D eigenvalue weighted by Crippen LogP contribution is 2.25. The number of hydrogen-bond acceptors (Lipinski definition) is 0. The van der Waals surface area contributed by atoms with E-state index in [1.807, 2.05) is 0 Å². The normalized spacial score (nSPS) is 13.1. The smallest absolute Gasteiger partial charge is 0.0524 e. The minimum atomic E-state index is 1.07. The molecule has 0 N–H and O–H groups in total. The predicted molar refractivity (Wildman–Crippen MR) is 58.5 cm³/mol. The lowest BCUT2D eigenvalue weighted by Gasteiger charge is -2.08. The fourth-order valence-electron chi connectivity index (χ4n) is 1.99. The van der Waals surface area contributed by atoms with Gasteiger partial charge in [-0.1, -0.05) is 24.3 Å². The molecule has 1 aliphatic carbocycles. The molecule has 1 heterocycles. The Labute approximate surface area is 83.3 Å². The molecule has 0 saturated carbocycles. The van der Waals surface area contributed by atoms with Crippen molar-refractivity contribution in [2.45, 2.75) is 6.42 Å². The van der Waals surface area contributed by atoms with Gasteiger partial charge in [0.1, 0.15) is 0 Å². The Bertz CT molecular complexity index is 478. The molecule has 0 amide bonds. The van der Waals surface area contributed by atoms with Crippen molar-refractivity contribution in [3.63, 3.8) is 0 Å². The molecule has 1 aromatic carbocycles. The Balaban J connectivity index is 2.24. The lowest BCUT2D eigenvalue weighted by Crippen LogP contribution is -1.94. The van der Waals surface area contributed by atoms with Gasteiger partial charge in [-0.25, -0.2) is 0 Å². The van der Waals surface area contributed by atoms with E-state index in [9.17, 15) is 0 Å². The molecule has 0 saturated heterocycles. The van der Waals surface area contributed by atoms with Gasteiger partial charge in [-0.3, -0.25) is 0 Å². The molecule has 1 heteroatoms. The first-order valence-electron chi connectivity index (χ1n) is 4.87. The summed E-state index contributed by atoms with van der Waals surface area (Å²) in [5.41, 5.74) is 4.07. The summed E-state index contributed by atoms with van der Waals surface area (Å²) in [5.74, 6) is 0. The van der Waals surface area contributed by atoms with Gasteiger partial charge in [0.2, 0.25) is 0 Å². The van der Waals surface area contributed by atoms with Crippen LogP contribution in [0.1, 0.15) is 11.1 Å². The van der Waals surface area contributed by atoms with E-state index in [-0.39, 0.29) is 0 Å². The maximum Gasteiger partial charge on any atom is 0.0524 e. The van der Waals surface area contributed by atoms with Gasteiger partial charge in [0, 0.05) is 18.0 Å². The van der Waals surface area contributed by atoms with Crippen LogP contribution >= 0.6 is 0 Å². The number of nitrogens with zero attached hydrogens (tertiary/aromatic N) is 1. The van der Waals surface area contributed by atoms with E-state index in [4.69, 9.17) is 0 Å². The number of fused-ring (bicyclic) bond motifs is 1. The monoisotopic (exact) mass is 181 g/mol. The fraction of sp³-hybridized carbons (Fsp3) is 0.0769. The van der Waals surface area contributed by atoms with Crippen LogP contribution in [0.25, 0.3) is 11.8 Å². The van der Waals surface area contributed by atoms with Crippen LogP contribution < -0.4 is 0 Å². The van der Waals surface area contributed by atoms with Crippen molar-refractivity contribution in [3.8, 4) is 5.69 Å². The van der Waals surface area contributed by atoms with Crippen LogP contribution in [0.4, 0.5) is 0 Å². The van der Waals surface area contributed by atoms with Crippen molar-refractivity contribution >= 4 is 6.08 Å². The SMILES string of the molecule is C1=Cc2c(cccc2-n2cccc2)C1. The van der Waals surface area contributed by atoms with E-state index < -0.39 is 0 Å². The van der Waals surface area contributed by atoms with Crippen molar-refractivity contribution in [2.75, 3.05) is 0 Å². The molecule has 0 radical (unpaired) electrons. The van der Waals surface area contributed by atoms with E-state index >= 15 is 0 Å². The minimum absolute atomic E-state index is 1.07. The van der Waals surface area contributed by atoms with Crippen LogP contribution in [0.15, 0.2) is 48.8 Å². The van der Waals surface area contributed by atoms with Crippen molar-refractivity contribution in [3.05, 3.63) is 59.9 Å². The standard InChI is InChI=1S/C13H11N/c1-2-10-14(9-1)13-8-4-6-11-5-3-7-12(11)13/h1-4,6-10H,5H2. The van der Waals surface area contributed by atoms with E-state index in [2.05, 4.69) is 59.4 Å². The highest BCUT2D eigenvalue weighted by molar-refractivity contribution is 5.68. The summed E-state index contributed by atoms with van der Waals surface area (Å²) in [6.45, 7) is 0. The molecule has 0 atom stereocenters. The summed E-state index contributed by atoms with van der Waals surface area (Å²) in [7, 11) is 0. The minimum Gasteiger partial charge on any atom is -0.323 e. The highest BCUT2D eigenvalue weighted by atomic mass is 14.9. The second-order valence-electron chi connectivity index (χ2n) is 3.55. The third-order valence-electron chi connectivity index (χ3n) is 2.68. The van der Waals surface area contributed by atoms with Crippen molar-refractivity contribution in [1.82, 2.24) is 4.57 Å². The first kappa shape index (κ1) is 7.63. The van der Waals surface area contributed by atoms with Gasteiger partial charge in [0.25, 0.3) is 0 Å². The molecule has 0 unspecified atom stereocenters. The van der Waals surface area contributed by atoms with Gasteiger partial charge in [-0.05, 0) is 30.2 Å². The summed E-state index contributed by atoms with van der Waals surface area (Å²) in [6, 6.07) is 10.6. The Morgan fingerprint density at radius 3 is 2.71 bits per heavy atom. The van der Waals surface area contributed by atoms with E-state index in [0.717, 1.165) is 6.42 Å². The third-order valence-corrected chi connectivity index (χ3v) is 2.68. The zero-order valence-electron chi connectivity index (χ0n) is 7.85. The molecule has 14 heavy (non-hydrogen) atoms. The molecule has 2 aromatic rings. The Morgan fingerprint density at radius 1 is 1.00 bits per heavy atom. The topological polar surface area (TPSA) is 4.93 Å². The van der Waals surface area contributed by atoms with Crippen LogP contribution in [0.3, 0.4) is 0 Å². The second kappa shape index (κ2) is 2.88. The molecular formula is C13H11N. The van der Waals surface area contributed by atoms with Crippen LogP contribution in [0, 0.1) is 0 Å². The summed E-state index contributed by atoms with van der Waals surface area (Å²) in [4.78, 5) is 0. The quantitative estimate of drug-likeness (QED) is 0.637. The molecule has 0 aliphatic heterocycles. The highest BCUT2D eigenvalue weighted by Gasteiger charge is 2.09. The molecule has 0 bridgehead atoms. The van der Waals surface area contributed by atoms with Crippen molar-refractivity contribution < 1.29 is 0 Å². The second-order valence-corrected chi connectivity index (χ2v) is 3.55. The number of aromatic nitrogens is 1.